The van der Waals surface area contributed by atoms with Crippen molar-refractivity contribution in [1.82, 2.24) is 5.32 Å². The van der Waals surface area contributed by atoms with Gasteiger partial charge in [-0.25, -0.2) is 4.79 Å². The van der Waals surface area contributed by atoms with E-state index in [1.54, 1.807) is 51.1 Å². The van der Waals surface area contributed by atoms with Crippen LogP contribution in [-0.2, 0) is 16.0 Å². The Morgan fingerprint density at radius 2 is 1.69 bits per heavy atom. The molecule has 0 spiro atoms. The fourth-order valence-electron chi connectivity index (χ4n) is 2.89. The van der Waals surface area contributed by atoms with Gasteiger partial charge in [0.25, 0.3) is 0 Å². The molecule has 1 N–H and O–H groups in total. The van der Waals surface area contributed by atoms with Crippen molar-refractivity contribution in [2.75, 3.05) is 20.3 Å². The maximum atomic E-state index is 12.2. The SMILES string of the molecule is COc1cc(CCC(=O)CC(=O)c2ccccc2)ccc1OCCNC(=O)OC(C)(C)C. The smallest absolute Gasteiger partial charge is 0.407 e. The Bertz CT molecular complexity index is 918. The Morgan fingerprint density at radius 3 is 2.34 bits per heavy atom. The van der Waals surface area contributed by atoms with E-state index >= 15 is 0 Å². The molecule has 0 saturated carbocycles. The standard InChI is InChI=1S/C25H31NO6/c1-25(2,3)32-24(29)26-14-15-31-22-13-11-18(16-23(22)30-4)10-12-20(27)17-21(28)19-8-6-5-7-9-19/h5-9,11,13,16H,10,12,14-15,17H2,1-4H3,(H,26,29). The number of ether oxygens (including phenoxy) is 3. The zero-order chi connectivity index (χ0) is 23.6. The number of ketones is 2. The lowest BCUT2D eigenvalue weighted by Crippen LogP contribution is -2.34. The Kier molecular flexibility index (Phi) is 9.25. The minimum absolute atomic E-state index is 0.104. The normalized spacial score (nSPS) is 10.9. The summed E-state index contributed by atoms with van der Waals surface area (Å²) in [5.41, 5.74) is 0.895. The highest BCUT2D eigenvalue weighted by atomic mass is 16.6. The van der Waals surface area contributed by atoms with Crippen LogP contribution in [0.1, 0.15) is 49.5 Å². The predicted octanol–water partition coefficient (Wildman–Crippen LogP) is 4.37. The van der Waals surface area contributed by atoms with Crippen molar-refractivity contribution >= 4 is 17.7 Å². The van der Waals surface area contributed by atoms with Gasteiger partial charge in [0.15, 0.2) is 17.3 Å². The van der Waals surface area contributed by atoms with Crippen molar-refractivity contribution in [3.63, 3.8) is 0 Å². The van der Waals surface area contributed by atoms with E-state index in [0.717, 1.165) is 5.56 Å². The average molecular weight is 442 g/mol. The van der Waals surface area contributed by atoms with Crippen molar-refractivity contribution in [1.29, 1.82) is 0 Å². The van der Waals surface area contributed by atoms with Crippen molar-refractivity contribution in [2.45, 2.75) is 45.6 Å². The number of carbonyl (C=O) groups excluding carboxylic acids is 3. The van der Waals surface area contributed by atoms with Gasteiger partial charge in [-0.15, -0.1) is 0 Å². The third-order valence-corrected chi connectivity index (χ3v) is 4.40. The summed E-state index contributed by atoms with van der Waals surface area (Å²) in [5.74, 6) is 0.795. The Balaban J connectivity index is 1.80. The van der Waals surface area contributed by atoms with Crippen molar-refractivity contribution in [3.05, 3.63) is 59.7 Å². The molecule has 0 aliphatic heterocycles. The number of amides is 1. The molecule has 2 aromatic rings. The second-order valence-electron chi connectivity index (χ2n) is 8.27. The first-order valence-corrected chi connectivity index (χ1v) is 10.5. The molecule has 0 fully saturated rings. The molecule has 0 aliphatic carbocycles. The highest BCUT2D eigenvalue weighted by Crippen LogP contribution is 2.28. The van der Waals surface area contributed by atoms with Gasteiger partial charge in [-0.3, -0.25) is 9.59 Å². The topological polar surface area (TPSA) is 90.9 Å². The summed E-state index contributed by atoms with van der Waals surface area (Å²) >= 11 is 0. The first kappa shape index (κ1) is 24.9. The number of Topliss-reactive ketones (excluding diaryl/α,β-unsaturated/α-hetero) is 2. The number of nitrogens with one attached hydrogen (secondary N) is 1. The molecule has 0 aromatic heterocycles. The number of benzene rings is 2. The minimum atomic E-state index is -0.555. The highest BCUT2D eigenvalue weighted by Gasteiger charge is 2.16. The van der Waals surface area contributed by atoms with Crippen molar-refractivity contribution < 1.29 is 28.6 Å². The van der Waals surface area contributed by atoms with Crippen LogP contribution in [0.2, 0.25) is 0 Å². The third-order valence-electron chi connectivity index (χ3n) is 4.40. The third kappa shape index (κ3) is 8.79. The van der Waals surface area contributed by atoms with E-state index in [1.807, 2.05) is 18.2 Å². The number of methoxy groups -OCH3 is 1. The average Bonchev–Trinajstić information content (AvgIpc) is 2.75. The lowest BCUT2D eigenvalue weighted by molar-refractivity contribution is -0.118. The van der Waals surface area contributed by atoms with Gasteiger partial charge in [0, 0.05) is 12.0 Å². The molecule has 0 heterocycles. The van der Waals surface area contributed by atoms with Gasteiger partial charge in [-0.2, -0.15) is 0 Å². The van der Waals surface area contributed by atoms with Gasteiger partial charge in [0.2, 0.25) is 0 Å². The summed E-state index contributed by atoms with van der Waals surface area (Å²) < 4.78 is 16.2. The molecule has 7 nitrogen and oxygen atoms in total. The molecule has 0 bridgehead atoms. The first-order valence-electron chi connectivity index (χ1n) is 10.5. The van der Waals surface area contributed by atoms with E-state index in [0.29, 0.717) is 23.5 Å². The molecule has 0 aliphatic rings. The van der Waals surface area contributed by atoms with Gasteiger partial charge < -0.3 is 19.5 Å². The van der Waals surface area contributed by atoms with Crippen LogP contribution in [0.4, 0.5) is 4.79 Å². The predicted molar refractivity (Wildman–Crippen MR) is 121 cm³/mol. The lowest BCUT2D eigenvalue weighted by atomic mass is 10.0. The molecule has 0 unspecified atom stereocenters. The minimum Gasteiger partial charge on any atom is -0.493 e. The number of rotatable bonds is 11. The molecule has 2 aromatic carbocycles. The fraction of sp³-hybridized carbons (Fsp3) is 0.400. The summed E-state index contributed by atoms with van der Waals surface area (Å²) in [4.78, 5) is 36.0. The molecular weight excluding hydrogens is 410 g/mol. The molecule has 0 atom stereocenters. The molecule has 0 saturated heterocycles. The van der Waals surface area contributed by atoms with Gasteiger partial charge >= 0.3 is 6.09 Å². The summed E-state index contributed by atoms with van der Waals surface area (Å²) in [5, 5.41) is 2.63. The maximum absolute atomic E-state index is 12.2. The van der Waals surface area contributed by atoms with Crippen LogP contribution in [0.25, 0.3) is 0 Å². The lowest BCUT2D eigenvalue weighted by Gasteiger charge is -2.19. The van der Waals surface area contributed by atoms with Gasteiger partial charge in [0.05, 0.1) is 20.1 Å². The van der Waals surface area contributed by atoms with Crippen LogP contribution in [0.15, 0.2) is 48.5 Å². The van der Waals surface area contributed by atoms with Gasteiger partial charge in [-0.1, -0.05) is 36.4 Å². The second-order valence-corrected chi connectivity index (χ2v) is 8.27. The molecule has 2 rings (SSSR count). The Labute approximate surface area is 189 Å². The Hall–Kier alpha value is -3.35. The van der Waals surface area contributed by atoms with E-state index in [1.165, 1.54) is 7.11 Å². The van der Waals surface area contributed by atoms with Crippen molar-refractivity contribution in [2.24, 2.45) is 0 Å². The van der Waals surface area contributed by atoms with Crippen molar-refractivity contribution in [3.8, 4) is 11.5 Å². The fourth-order valence-corrected chi connectivity index (χ4v) is 2.89. The first-order chi connectivity index (χ1) is 15.2. The molecule has 32 heavy (non-hydrogen) atoms. The van der Waals surface area contributed by atoms with E-state index in [-0.39, 0.29) is 37.6 Å². The van der Waals surface area contributed by atoms with E-state index in [9.17, 15) is 14.4 Å². The summed E-state index contributed by atoms with van der Waals surface area (Å²) in [7, 11) is 1.54. The summed E-state index contributed by atoms with van der Waals surface area (Å²) in [6.07, 6.45) is 0.158. The number of alkyl carbamates (subject to hydrolysis) is 1. The number of hydrogen-bond acceptors (Lipinski definition) is 6. The molecule has 7 heteroatoms. The zero-order valence-electron chi connectivity index (χ0n) is 19.1. The zero-order valence-corrected chi connectivity index (χ0v) is 19.1. The van der Waals surface area contributed by atoms with E-state index in [2.05, 4.69) is 5.32 Å². The van der Waals surface area contributed by atoms with Crippen LogP contribution >= 0.6 is 0 Å². The van der Waals surface area contributed by atoms with Gasteiger partial charge in [0.1, 0.15) is 18.0 Å². The Morgan fingerprint density at radius 1 is 0.969 bits per heavy atom. The highest BCUT2D eigenvalue weighted by molar-refractivity contribution is 6.07. The van der Waals surface area contributed by atoms with E-state index < -0.39 is 11.7 Å². The quantitative estimate of drug-likeness (QED) is 0.316. The van der Waals surface area contributed by atoms with Gasteiger partial charge in [-0.05, 0) is 44.9 Å². The number of hydrogen-bond donors (Lipinski definition) is 1. The molecule has 0 radical (unpaired) electrons. The number of carbonyl (C=O) groups is 3. The van der Waals surface area contributed by atoms with E-state index in [4.69, 9.17) is 14.2 Å². The van der Waals surface area contributed by atoms with Crippen LogP contribution in [0, 0.1) is 0 Å². The molecular formula is C25H31NO6. The molecule has 172 valence electrons. The van der Waals surface area contributed by atoms with Crippen LogP contribution in [0.5, 0.6) is 11.5 Å². The molecule has 1 amide bonds. The monoisotopic (exact) mass is 441 g/mol. The van der Waals surface area contributed by atoms with Crippen LogP contribution < -0.4 is 14.8 Å². The number of aryl methyl sites for hydroxylation is 1. The summed E-state index contributed by atoms with van der Waals surface area (Å²) in [6, 6.07) is 14.2. The summed E-state index contributed by atoms with van der Waals surface area (Å²) in [6.45, 7) is 5.91. The second kappa shape index (κ2) is 11.9. The van der Waals surface area contributed by atoms with Crippen LogP contribution in [-0.4, -0.2) is 43.5 Å². The van der Waals surface area contributed by atoms with Crippen LogP contribution in [0.3, 0.4) is 0 Å². The largest absolute Gasteiger partial charge is 0.493 e. The maximum Gasteiger partial charge on any atom is 0.407 e.